The van der Waals surface area contributed by atoms with Gasteiger partial charge in [-0.1, -0.05) is 23.7 Å². The minimum absolute atomic E-state index is 0.220. The molecule has 1 atom stereocenters. The minimum Gasteiger partial charge on any atom is -0.490 e. The number of furan rings is 1. The maximum atomic E-state index is 13.5. The van der Waals surface area contributed by atoms with Crippen molar-refractivity contribution in [2.24, 2.45) is 5.10 Å². The minimum atomic E-state index is -1.09. The number of aliphatic carboxylic acids is 1. The first kappa shape index (κ1) is 26.7. The van der Waals surface area contributed by atoms with Crippen LogP contribution in [0.3, 0.4) is 0 Å². The normalized spacial score (nSPS) is 12.3. The van der Waals surface area contributed by atoms with Gasteiger partial charge in [-0.15, -0.1) is 0 Å². The van der Waals surface area contributed by atoms with Crippen LogP contribution in [0.15, 0.2) is 75.0 Å². The number of carbonyl (C=O) groups is 1. The highest BCUT2D eigenvalue weighted by molar-refractivity contribution is 14.1. The SMILES string of the molecule is CCOc1cc(C=Nn2c(-c3cc4cc(Cl)ccc4o3)nc3ccccc3c2=O)cc(I)c1O[C@H](C)C(=O)O. The van der Waals surface area contributed by atoms with E-state index in [0.717, 1.165) is 5.39 Å². The zero-order chi connectivity index (χ0) is 27.7. The molecule has 0 aliphatic rings. The standard InChI is InChI=1S/C28H21ClIN3O6/c1-3-37-23-11-16(10-20(30)25(23)38-15(2)28(35)36)14-31-33-26(32-21-7-5-4-6-19(21)27(33)34)24-13-17-12-18(29)8-9-22(17)39-24/h4-15H,3H2,1-2H3,(H,35,36)/t15-/m1/s1. The van der Waals surface area contributed by atoms with Gasteiger partial charge >= 0.3 is 5.97 Å². The molecular weight excluding hydrogens is 637 g/mol. The summed E-state index contributed by atoms with van der Waals surface area (Å²) in [4.78, 5) is 29.5. The lowest BCUT2D eigenvalue weighted by atomic mass is 10.2. The van der Waals surface area contributed by atoms with Gasteiger partial charge in [-0.2, -0.15) is 9.78 Å². The number of fused-ring (bicyclic) bond motifs is 2. The number of carboxylic acid groups (broad SMARTS) is 1. The molecule has 3 aromatic carbocycles. The summed E-state index contributed by atoms with van der Waals surface area (Å²) in [7, 11) is 0. The van der Waals surface area contributed by atoms with Crippen molar-refractivity contribution in [3.05, 3.63) is 85.2 Å². The second-order valence-corrected chi connectivity index (χ2v) is 10.1. The van der Waals surface area contributed by atoms with Gasteiger partial charge in [0.15, 0.2) is 23.4 Å². The van der Waals surface area contributed by atoms with E-state index in [4.69, 9.17) is 25.5 Å². The number of rotatable bonds is 8. The van der Waals surface area contributed by atoms with Gasteiger partial charge in [-0.05, 0) is 90.5 Å². The maximum Gasteiger partial charge on any atom is 0.344 e. The largest absolute Gasteiger partial charge is 0.490 e. The van der Waals surface area contributed by atoms with Crippen molar-refractivity contribution in [2.45, 2.75) is 20.0 Å². The Morgan fingerprint density at radius 2 is 2.03 bits per heavy atom. The molecule has 5 rings (SSSR count). The van der Waals surface area contributed by atoms with Crippen LogP contribution in [0.4, 0.5) is 0 Å². The third kappa shape index (κ3) is 5.48. The number of ether oxygens (including phenoxy) is 2. The summed E-state index contributed by atoms with van der Waals surface area (Å²) in [5, 5.41) is 15.5. The van der Waals surface area contributed by atoms with Crippen LogP contribution < -0.4 is 15.0 Å². The summed E-state index contributed by atoms with van der Waals surface area (Å²) in [6, 6.07) is 17.4. The van der Waals surface area contributed by atoms with Gasteiger partial charge < -0.3 is 19.0 Å². The molecule has 198 valence electrons. The van der Waals surface area contributed by atoms with Gasteiger partial charge in [0.05, 0.1) is 27.3 Å². The average Bonchev–Trinajstić information content (AvgIpc) is 3.33. The van der Waals surface area contributed by atoms with E-state index in [1.807, 2.05) is 29.5 Å². The van der Waals surface area contributed by atoms with Gasteiger partial charge in [-0.25, -0.2) is 9.78 Å². The summed E-state index contributed by atoms with van der Waals surface area (Å²) in [5.41, 5.74) is 1.32. The zero-order valence-electron chi connectivity index (χ0n) is 20.7. The Hall–Kier alpha value is -3.90. The van der Waals surface area contributed by atoms with Crippen LogP contribution >= 0.6 is 34.2 Å². The van der Waals surface area contributed by atoms with Crippen LogP contribution in [-0.2, 0) is 4.79 Å². The number of aromatic nitrogens is 2. The Labute approximate surface area is 240 Å². The molecule has 0 spiro atoms. The van der Waals surface area contributed by atoms with E-state index in [9.17, 15) is 14.7 Å². The van der Waals surface area contributed by atoms with Crippen molar-refractivity contribution >= 4 is 68.2 Å². The highest BCUT2D eigenvalue weighted by atomic mass is 127. The second-order valence-electron chi connectivity index (χ2n) is 8.47. The van der Waals surface area contributed by atoms with Crippen LogP contribution in [0, 0.1) is 3.57 Å². The predicted octanol–water partition coefficient (Wildman–Crippen LogP) is 6.20. The fourth-order valence-electron chi connectivity index (χ4n) is 3.91. The lowest BCUT2D eigenvalue weighted by Crippen LogP contribution is -2.23. The van der Waals surface area contributed by atoms with E-state index in [1.165, 1.54) is 17.8 Å². The first-order chi connectivity index (χ1) is 18.7. The van der Waals surface area contributed by atoms with E-state index in [2.05, 4.69) is 10.1 Å². The van der Waals surface area contributed by atoms with E-state index in [0.29, 0.717) is 54.5 Å². The highest BCUT2D eigenvalue weighted by Gasteiger charge is 2.20. The second kappa shape index (κ2) is 11.1. The first-order valence-electron chi connectivity index (χ1n) is 11.9. The molecule has 0 aliphatic heterocycles. The van der Waals surface area contributed by atoms with Gasteiger partial charge in [0.25, 0.3) is 5.56 Å². The lowest BCUT2D eigenvalue weighted by molar-refractivity contribution is -0.144. The molecule has 1 N–H and O–H groups in total. The lowest BCUT2D eigenvalue weighted by Gasteiger charge is -2.17. The number of para-hydroxylation sites is 1. The Morgan fingerprint density at radius 1 is 1.23 bits per heavy atom. The fourth-order valence-corrected chi connectivity index (χ4v) is 4.84. The number of hydrogen-bond acceptors (Lipinski definition) is 7. The molecule has 39 heavy (non-hydrogen) atoms. The fraction of sp³-hybridized carbons (Fsp3) is 0.143. The Kier molecular flexibility index (Phi) is 7.58. The summed E-state index contributed by atoms with van der Waals surface area (Å²) >= 11 is 8.18. The number of carboxylic acids is 1. The molecule has 0 unspecified atom stereocenters. The molecular formula is C28H21ClIN3O6. The van der Waals surface area contributed by atoms with Crippen LogP contribution in [-0.4, -0.2) is 39.7 Å². The van der Waals surface area contributed by atoms with Gasteiger partial charge in [-0.3, -0.25) is 4.79 Å². The summed E-state index contributed by atoms with van der Waals surface area (Å²) in [5.74, 6) is 0.149. The van der Waals surface area contributed by atoms with Crippen LogP contribution in [0.1, 0.15) is 19.4 Å². The topological polar surface area (TPSA) is 116 Å². The molecule has 0 saturated carbocycles. The van der Waals surface area contributed by atoms with Gasteiger partial charge in [0.2, 0.25) is 5.82 Å². The Balaban J connectivity index is 1.63. The monoisotopic (exact) mass is 657 g/mol. The Morgan fingerprint density at radius 3 is 2.79 bits per heavy atom. The molecule has 0 amide bonds. The highest BCUT2D eigenvalue weighted by Crippen LogP contribution is 2.35. The summed E-state index contributed by atoms with van der Waals surface area (Å²) < 4.78 is 19.2. The molecule has 2 heterocycles. The van der Waals surface area contributed by atoms with Crippen molar-refractivity contribution in [1.82, 2.24) is 9.66 Å². The third-order valence-corrected chi connectivity index (χ3v) is 6.79. The van der Waals surface area contributed by atoms with Gasteiger partial charge in [0, 0.05) is 10.4 Å². The summed E-state index contributed by atoms with van der Waals surface area (Å²) in [6.45, 7) is 3.59. The summed E-state index contributed by atoms with van der Waals surface area (Å²) in [6.07, 6.45) is 0.427. The molecule has 0 bridgehead atoms. The molecule has 0 radical (unpaired) electrons. The molecule has 5 aromatic rings. The molecule has 11 heteroatoms. The van der Waals surface area contributed by atoms with Gasteiger partial charge in [0.1, 0.15) is 5.58 Å². The maximum absolute atomic E-state index is 13.5. The van der Waals surface area contributed by atoms with Crippen LogP contribution in [0.2, 0.25) is 5.02 Å². The molecule has 2 aromatic heterocycles. The number of benzene rings is 3. The van der Waals surface area contributed by atoms with E-state index in [1.54, 1.807) is 60.7 Å². The molecule has 9 nitrogen and oxygen atoms in total. The number of nitrogens with zero attached hydrogens (tertiary/aromatic N) is 3. The van der Waals surface area contributed by atoms with Crippen molar-refractivity contribution < 1.29 is 23.8 Å². The number of halogens is 2. The van der Waals surface area contributed by atoms with Crippen LogP contribution in [0.25, 0.3) is 33.5 Å². The van der Waals surface area contributed by atoms with Crippen LogP contribution in [0.5, 0.6) is 11.5 Å². The van der Waals surface area contributed by atoms with E-state index >= 15 is 0 Å². The molecule has 0 fully saturated rings. The zero-order valence-corrected chi connectivity index (χ0v) is 23.6. The molecule has 0 saturated heterocycles. The predicted molar refractivity (Wildman–Crippen MR) is 157 cm³/mol. The first-order valence-corrected chi connectivity index (χ1v) is 13.3. The van der Waals surface area contributed by atoms with Crippen molar-refractivity contribution in [3.8, 4) is 23.1 Å². The smallest absolute Gasteiger partial charge is 0.344 e. The third-order valence-electron chi connectivity index (χ3n) is 5.75. The molecule has 0 aliphatic carbocycles. The quantitative estimate of drug-likeness (QED) is 0.156. The van der Waals surface area contributed by atoms with Crippen molar-refractivity contribution in [1.29, 1.82) is 0 Å². The average molecular weight is 658 g/mol. The van der Waals surface area contributed by atoms with E-state index < -0.39 is 12.1 Å². The van der Waals surface area contributed by atoms with E-state index in [-0.39, 0.29) is 11.4 Å². The number of hydrogen-bond donors (Lipinski definition) is 1. The van der Waals surface area contributed by atoms with Crippen molar-refractivity contribution in [2.75, 3.05) is 6.61 Å². The van der Waals surface area contributed by atoms with Crippen molar-refractivity contribution in [3.63, 3.8) is 0 Å². The Bertz CT molecular complexity index is 1810.